The lowest BCUT2D eigenvalue weighted by Crippen LogP contribution is -2.32. The zero-order valence-corrected chi connectivity index (χ0v) is 19.7. The Hall–Kier alpha value is -2.87. The number of ether oxygens (including phenoxy) is 2. The molecule has 0 atom stereocenters. The van der Waals surface area contributed by atoms with Crippen molar-refractivity contribution in [3.8, 4) is 27.6 Å². The van der Waals surface area contributed by atoms with E-state index in [1.54, 1.807) is 25.3 Å². The standard InChI is InChI=1S/C25H23ClN2O4S/c1-31-21-12-18(8-9-20(21)32-14-25(30)10-2-3-11-25)28-15-27-19-13-22(33-23(19)24(28)29)16-4-6-17(26)7-5-16/h4-9,12-13,15,30H,2-3,10-11,14H2,1H3. The molecular formula is C25H23ClN2O4S. The first kappa shape index (κ1) is 21.9. The van der Waals surface area contributed by atoms with Gasteiger partial charge in [-0.3, -0.25) is 9.36 Å². The fourth-order valence-corrected chi connectivity index (χ4v) is 5.34. The highest BCUT2D eigenvalue weighted by atomic mass is 35.5. The van der Waals surface area contributed by atoms with Gasteiger partial charge in [0.05, 0.1) is 23.9 Å². The first-order valence-electron chi connectivity index (χ1n) is 10.8. The normalized spacial score (nSPS) is 15.1. The van der Waals surface area contributed by atoms with Crippen molar-refractivity contribution in [3.63, 3.8) is 0 Å². The number of benzene rings is 2. The molecule has 1 aliphatic rings. The van der Waals surface area contributed by atoms with E-state index in [-0.39, 0.29) is 12.2 Å². The molecule has 4 aromatic rings. The summed E-state index contributed by atoms with van der Waals surface area (Å²) < 4.78 is 13.5. The lowest BCUT2D eigenvalue weighted by atomic mass is 10.0. The van der Waals surface area contributed by atoms with Crippen LogP contribution in [0.3, 0.4) is 0 Å². The Labute approximate surface area is 200 Å². The number of rotatable bonds is 6. The molecule has 2 aromatic heterocycles. The van der Waals surface area contributed by atoms with Gasteiger partial charge in [-0.15, -0.1) is 11.3 Å². The van der Waals surface area contributed by atoms with Crippen LogP contribution in [0.25, 0.3) is 26.3 Å². The second-order valence-electron chi connectivity index (χ2n) is 8.31. The van der Waals surface area contributed by atoms with Gasteiger partial charge in [0, 0.05) is 16.0 Å². The zero-order chi connectivity index (χ0) is 23.0. The zero-order valence-electron chi connectivity index (χ0n) is 18.1. The molecule has 0 aliphatic heterocycles. The predicted molar refractivity (Wildman–Crippen MR) is 131 cm³/mol. The number of halogens is 1. The molecule has 33 heavy (non-hydrogen) atoms. The van der Waals surface area contributed by atoms with Crippen LogP contribution in [-0.4, -0.2) is 34.0 Å². The highest BCUT2D eigenvalue weighted by molar-refractivity contribution is 7.22. The summed E-state index contributed by atoms with van der Waals surface area (Å²) in [4.78, 5) is 18.7. The van der Waals surface area contributed by atoms with Crippen molar-refractivity contribution in [1.82, 2.24) is 9.55 Å². The fraction of sp³-hybridized carbons (Fsp3) is 0.280. The van der Waals surface area contributed by atoms with E-state index in [0.29, 0.717) is 32.4 Å². The Morgan fingerprint density at radius 2 is 1.88 bits per heavy atom. The van der Waals surface area contributed by atoms with Gasteiger partial charge in [0.1, 0.15) is 17.6 Å². The average Bonchev–Trinajstić information content (AvgIpc) is 3.46. The summed E-state index contributed by atoms with van der Waals surface area (Å²) in [6.07, 6.45) is 5.04. The minimum Gasteiger partial charge on any atom is -0.493 e. The molecule has 0 spiro atoms. The van der Waals surface area contributed by atoms with Gasteiger partial charge in [-0.05, 0) is 48.7 Å². The number of aromatic nitrogens is 2. The fourth-order valence-electron chi connectivity index (χ4n) is 4.17. The van der Waals surface area contributed by atoms with Crippen LogP contribution < -0.4 is 15.0 Å². The van der Waals surface area contributed by atoms with Crippen molar-refractivity contribution < 1.29 is 14.6 Å². The highest BCUT2D eigenvalue weighted by Crippen LogP contribution is 2.35. The van der Waals surface area contributed by atoms with Crippen molar-refractivity contribution >= 4 is 33.2 Å². The molecule has 2 heterocycles. The molecule has 0 saturated heterocycles. The Morgan fingerprint density at radius 1 is 1.12 bits per heavy atom. The summed E-state index contributed by atoms with van der Waals surface area (Å²) in [5.74, 6) is 1.03. The number of thiophene rings is 1. The largest absolute Gasteiger partial charge is 0.493 e. The minimum absolute atomic E-state index is 0.152. The number of hydrogen-bond donors (Lipinski definition) is 1. The van der Waals surface area contributed by atoms with Gasteiger partial charge in [0.25, 0.3) is 5.56 Å². The number of fused-ring (bicyclic) bond motifs is 1. The Kier molecular flexibility index (Phi) is 5.86. The van der Waals surface area contributed by atoms with Crippen LogP contribution in [0.15, 0.2) is 59.7 Å². The van der Waals surface area contributed by atoms with Crippen molar-refractivity contribution in [2.75, 3.05) is 13.7 Å². The Bertz CT molecular complexity index is 1360. The van der Waals surface area contributed by atoms with Gasteiger partial charge in [-0.1, -0.05) is 36.6 Å². The van der Waals surface area contributed by atoms with Gasteiger partial charge in [-0.25, -0.2) is 4.98 Å². The van der Waals surface area contributed by atoms with E-state index < -0.39 is 5.60 Å². The van der Waals surface area contributed by atoms with E-state index in [2.05, 4.69) is 4.98 Å². The summed E-state index contributed by atoms with van der Waals surface area (Å²) in [6, 6.07) is 14.7. The molecule has 1 aliphatic carbocycles. The molecule has 1 saturated carbocycles. The molecule has 8 heteroatoms. The van der Waals surface area contributed by atoms with Gasteiger partial charge in [0.2, 0.25) is 0 Å². The van der Waals surface area contributed by atoms with E-state index in [1.165, 1.54) is 22.2 Å². The quantitative estimate of drug-likeness (QED) is 0.395. The molecule has 2 aromatic carbocycles. The molecule has 0 unspecified atom stereocenters. The third kappa shape index (κ3) is 4.36. The summed E-state index contributed by atoms with van der Waals surface area (Å²) in [6.45, 7) is 0.221. The van der Waals surface area contributed by atoms with Gasteiger partial charge in [-0.2, -0.15) is 0 Å². The smallest absolute Gasteiger partial charge is 0.275 e. The van der Waals surface area contributed by atoms with Gasteiger partial charge >= 0.3 is 0 Å². The van der Waals surface area contributed by atoms with Gasteiger partial charge < -0.3 is 14.6 Å². The van der Waals surface area contributed by atoms with Crippen molar-refractivity contribution in [2.45, 2.75) is 31.3 Å². The molecule has 6 nitrogen and oxygen atoms in total. The number of nitrogens with zero attached hydrogens (tertiary/aromatic N) is 2. The molecule has 1 fully saturated rings. The molecule has 170 valence electrons. The van der Waals surface area contributed by atoms with Crippen LogP contribution >= 0.6 is 22.9 Å². The maximum absolute atomic E-state index is 13.3. The van der Waals surface area contributed by atoms with E-state index in [4.69, 9.17) is 21.1 Å². The number of hydrogen-bond acceptors (Lipinski definition) is 6. The van der Waals surface area contributed by atoms with Crippen LogP contribution in [0.2, 0.25) is 5.02 Å². The van der Waals surface area contributed by atoms with Crippen molar-refractivity contribution in [1.29, 1.82) is 0 Å². The van der Waals surface area contributed by atoms with Crippen molar-refractivity contribution in [3.05, 3.63) is 70.2 Å². The third-order valence-electron chi connectivity index (χ3n) is 6.02. The first-order valence-corrected chi connectivity index (χ1v) is 12.0. The second-order valence-corrected chi connectivity index (χ2v) is 9.80. The SMILES string of the molecule is COc1cc(-n2cnc3cc(-c4ccc(Cl)cc4)sc3c2=O)ccc1OCC1(O)CCCC1. The van der Waals surface area contributed by atoms with Gasteiger partial charge in [0.15, 0.2) is 11.5 Å². The molecule has 0 radical (unpaired) electrons. The Morgan fingerprint density at radius 3 is 2.61 bits per heavy atom. The van der Waals surface area contributed by atoms with Crippen LogP contribution in [0.1, 0.15) is 25.7 Å². The second kappa shape index (κ2) is 8.82. The summed E-state index contributed by atoms with van der Waals surface area (Å²) in [7, 11) is 1.55. The van der Waals surface area contributed by atoms with E-state index in [9.17, 15) is 9.90 Å². The van der Waals surface area contributed by atoms with Crippen LogP contribution in [0.5, 0.6) is 11.5 Å². The summed E-state index contributed by atoms with van der Waals surface area (Å²) in [5, 5.41) is 11.2. The van der Waals surface area contributed by atoms with Crippen LogP contribution in [0.4, 0.5) is 0 Å². The molecule has 1 N–H and O–H groups in total. The predicted octanol–water partition coefficient (Wildman–Crippen LogP) is 5.46. The topological polar surface area (TPSA) is 73.6 Å². The molecule has 0 amide bonds. The molecule has 0 bridgehead atoms. The monoisotopic (exact) mass is 482 g/mol. The van der Waals surface area contributed by atoms with E-state index in [1.807, 2.05) is 30.3 Å². The lowest BCUT2D eigenvalue weighted by molar-refractivity contribution is 0.000737. The third-order valence-corrected chi connectivity index (χ3v) is 7.44. The van der Waals surface area contributed by atoms with Crippen LogP contribution in [-0.2, 0) is 0 Å². The Balaban J connectivity index is 1.46. The number of methoxy groups -OCH3 is 1. The minimum atomic E-state index is -0.781. The molecule has 5 rings (SSSR count). The highest BCUT2D eigenvalue weighted by Gasteiger charge is 2.32. The number of aliphatic hydroxyl groups is 1. The summed E-state index contributed by atoms with van der Waals surface area (Å²) in [5.41, 5.74) is 1.33. The maximum Gasteiger partial charge on any atom is 0.275 e. The average molecular weight is 483 g/mol. The van der Waals surface area contributed by atoms with Crippen LogP contribution in [0, 0.1) is 0 Å². The summed E-state index contributed by atoms with van der Waals surface area (Å²) >= 11 is 7.40. The van der Waals surface area contributed by atoms with E-state index in [0.717, 1.165) is 36.1 Å². The lowest BCUT2D eigenvalue weighted by Gasteiger charge is -2.23. The molecular weight excluding hydrogens is 460 g/mol. The van der Waals surface area contributed by atoms with Crippen molar-refractivity contribution in [2.24, 2.45) is 0 Å². The first-order chi connectivity index (χ1) is 16.0. The van der Waals surface area contributed by atoms with E-state index >= 15 is 0 Å². The maximum atomic E-state index is 13.3.